The van der Waals surface area contributed by atoms with E-state index in [0.29, 0.717) is 12.5 Å². The van der Waals surface area contributed by atoms with Crippen LogP contribution in [0.4, 0.5) is 4.79 Å². The fourth-order valence-electron chi connectivity index (χ4n) is 2.90. The van der Waals surface area contributed by atoms with Crippen molar-refractivity contribution in [2.45, 2.75) is 46.1 Å². The molecule has 2 atom stereocenters. The fourth-order valence-corrected chi connectivity index (χ4v) is 2.90. The summed E-state index contributed by atoms with van der Waals surface area (Å²) in [6.07, 6.45) is 1.80. The van der Waals surface area contributed by atoms with E-state index < -0.39 is 6.09 Å². The summed E-state index contributed by atoms with van der Waals surface area (Å²) < 4.78 is 0. The molecule has 16 heavy (non-hydrogen) atoms. The van der Waals surface area contributed by atoms with Gasteiger partial charge in [0.2, 0.25) is 0 Å². The molecule has 2 N–H and O–H groups in total. The van der Waals surface area contributed by atoms with Gasteiger partial charge in [-0.2, -0.15) is 0 Å². The van der Waals surface area contributed by atoms with Crippen LogP contribution >= 0.6 is 0 Å². The first-order valence-electron chi connectivity index (χ1n) is 5.98. The molecule has 0 aromatic heterocycles. The molecule has 0 saturated carbocycles. The van der Waals surface area contributed by atoms with E-state index in [-0.39, 0.29) is 18.1 Å². The van der Waals surface area contributed by atoms with Gasteiger partial charge in [-0.15, -0.1) is 0 Å². The van der Waals surface area contributed by atoms with E-state index in [0.717, 1.165) is 19.3 Å². The molecule has 94 valence electrons. The molecule has 1 aliphatic rings. The standard InChI is InChI=1S/C12H23NO3/c1-12(2,3)10-9(5-4-8-14)6-7-13(10)11(15)16/h9-10,14H,4-8H2,1-3H3,(H,15,16)/t9?,10-/m0/s1. The van der Waals surface area contributed by atoms with Crippen LogP contribution in [0.3, 0.4) is 0 Å². The highest BCUT2D eigenvalue weighted by molar-refractivity contribution is 5.66. The number of carboxylic acid groups (broad SMARTS) is 1. The Kier molecular flexibility index (Phi) is 4.19. The van der Waals surface area contributed by atoms with Crippen molar-refractivity contribution in [1.82, 2.24) is 4.90 Å². The zero-order valence-electron chi connectivity index (χ0n) is 10.4. The Morgan fingerprint density at radius 1 is 1.44 bits per heavy atom. The molecule has 1 fully saturated rings. The van der Waals surface area contributed by atoms with Gasteiger partial charge in [-0.25, -0.2) is 4.79 Å². The van der Waals surface area contributed by atoms with Crippen molar-refractivity contribution in [3.05, 3.63) is 0 Å². The van der Waals surface area contributed by atoms with Crippen LogP contribution in [0.5, 0.6) is 0 Å². The maximum atomic E-state index is 11.2. The molecule has 0 radical (unpaired) electrons. The number of aliphatic hydroxyl groups is 1. The van der Waals surface area contributed by atoms with E-state index in [1.807, 2.05) is 0 Å². The summed E-state index contributed by atoms with van der Waals surface area (Å²) >= 11 is 0. The topological polar surface area (TPSA) is 60.8 Å². The molecule has 4 heteroatoms. The Balaban J connectivity index is 2.76. The Morgan fingerprint density at radius 2 is 2.06 bits per heavy atom. The lowest BCUT2D eigenvalue weighted by atomic mass is 9.78. The van der Waals surface area contributed by atoms with Gasteiger partial charge in [-0.05, 0) is 30.6 Å². The minimum atomic E-state index is -0.813. The van der Waals surface area contributed by atoms with E-state index >= 15 is 0 Å². The highest BCUT2D eigenvalue weighted by Crippen LogP contribution is 2.39. The minimum Gasteiger partial charge on any atom is -0.465 e. The average molecular weight is 229 g/mol. The molecule has 0 spiro atoms. The van der Waals surface area contributed by atoms with Crippen molar-refractivity contribution in [3.8, 4) is 0 Å². The SMILES string of the molecule is CC(C)(C)[C@@H]1C(CCCO)CCN1C(=O)O. The van der Waals surface area contributed by atoms with Crippen LogP contribution in [0.1, 0.15) is 40.0 Å². The molecule has 1 amide bonds. The molecule has 1 aliphatic heterocycles. The van der Waals surface area contributed by atoms with Gasteiger partial charge in [0.15, 0.2) is 0 Å². The lowest BCUT2D eigenvalue weighted by Gasteiger charge is -2.37. The van der Waals surface area contributed by atoms with Gasteiger partial charge in [-0.1, -0.05) is 20.8 Å². The smallest absolute Gasteiger partial charge is 0.407 e. The molecule has 1 unspecified atom stereocenters. The third kappa shape index (κ3) is 2.88. The number of nitrogens with zero attached hydrogens (tertiary/aromatic N) is 1. The molecule has 0 aliphatic carbocycles. The second kappa shape index (κ2) is 5.04. The monoisotopic (exact) mass is 229 g/mol. The number of amides is 1. The van der Waals surface area contributed by atoms with Crippen LogP contribution in [-0.4, -0.2) is 40.4 Å². The van der Waals surface area contributed by atoms with Crippen LogP contribution in [0, 0.1) is 11.3 Å². The van der Waals surface area contributed by atoms with Crippen molar-refractivity contribution in [2.75, 3.05) is 13.2 Å². The number of rotatable bonds is 3. The lowest BCUT2D eigenvalue weighted by Crippen LogP contribution is -2.45. The van der Waals surface area contributed by atoms with Gasteiger partial charge >= 0.3 is 6.09 Å². The van der Waals surface area contributed by atoms with Gasteiger partial charge in [0.1, 0.15) is 0 Å². The summed E-state index contributed by atoms with van der Waals surface area (Å²) in [6.45, 7) is 7.09. The number of hydrogen-bond donors (Lipinski definition) is 2. The summed E-state index contributed by atoms with van der Waals surface area (Å²) in [4.78, 5) is 12.7. The molecule has 0 aromatic rings. The first-order chi connectivity index (χ1) is 7.38. The van der Waals surface area contributed by atoms with Crippen LogP contribution in [0.2, 0.25) is 0 Å². The Morgan fingerprint density at radius 3 is 2.50 bits per heavy atom. The maximum Gasteiger partial charge on any atom is 0.407 e. The largest absolute Gasteiger partial charge is 0.465 e. The van der Waals surface area contributed by atoms with E-state index in [9.17, 15) is 4.79 Å². The van der Waals surface area contributed by atoms with Crippen molar-refractivity contribution < 1.29 is 15.0 Å². The summed E-state index contributed by atoms with van der Waals surface area (Å²) in [5.74, 6) is 0.392. The zero-order valence-corrected chi connectivity index (χ0v) is 10.4. The van der Waals surface area contributed by atoms with Crippen molar-refractivity contribution in [2.24, 2.45) is 11.3 Å². The van der Waals surface area contributed by atoms with E-state index in [4.69, 9.17) is 10.2 Å². The van der Waals surface area contributed by atoms with Crippen molar-refractivity contribution in [1.29, 1.82) is 0 Å². The molecule has 1 saturated heterocycles. The normalized spacial score (nSPS) is 26.1. The van der Waals surface area contributed by atoms with Crippen LogP contribution in [0.25, 0.3) is 0 Å². The van der Waals surface area contributed by atoms with Gasteiger partial charge in [0.05, 0.1) is 0 Å². The van der Waals surface area contributed by atoms with Gasteiger partial charge < -0.3 is 15.1 Å². The predicted octanol–water partition coefficient (Wildman–Crippen LogP) is 2.17. The van der Waals surface area contributed by atoms with Crippen LogP contribution in [0.15, 0.2) is 0 Å². The highest BCUT2D eigenvalue weighted by Gasteiger charge is 2.43. The molecule has 0 bridgehead atoms. The quantitative estimate of drug-likeness (QED) is 0.779. The predicted molar refractivity (Wildman–Crippen MR) is 62.4 cm³/mol. The molecule has 0 aromatic carbocycles. The minimum absolute atomic E-state index is 0.0327. The maximum absolute atomic E-state index is 11.2. The first-order valence-corrected chi connectivity index (χ1v) is 5.98. The number of hydrogen-bond acceptors (Lipinski definition) is 2. The van der Waals surface area contributed by atoms with Gasteiger partial charge in [0.25, 0.3) is 0 Å². The molecular formula is C12H23NO3. The zero-order chi connectivity index (χ0) is 12.3. The van der Waals surface area contributed by atoms with Gasteiger partial charge in [0, 0.05) is 19.2 Å². The highest BCUT2D eigenvalue weighted by atomic mass is 16.4. The Labute approximate surface area is 97.3 Å². The van der Waals surface area contributed by atoms with E-state index in [1.165, 1.54) is 0 Å². The molecule has 4 nitrogen and oxygen atoms in total. The number of carbonyl (C=O) groups is 1. The van der Waals surface area contributed by atoms with E-state index in [1.54, 1.807) is 4.90 Å². The summed E-state index contributed by atoms with van der Waals surface area (Å²) in [5.41, 5.74) is -0.0327. The molecule has 1 rings (SSSR count). The second-order valence-electron chi connectivity index (χ2n) is 5.70. The van der Waals surface area contributed by atoms with Crippen molar-refractivity contribution in [3.63, 3.8) is 0 Å². The summed E-state index contributed by atoms with van der Waals surface area (Å²) in [7, 11) is 0. The summed E-state index contributed by atoms with van der Waals surface area (Å²) in [5, 5.41) is 18.0. The average Bonchev–Trinajstić information content (AvgIpc) is 2.57. The molecular weight excluding hydrogens is 206 g/mol. The summed E-state index contributed by atoms with van der Waals surface area (Å²) in [6, 6.07) is 0.0801. The van der Waals surface area contributed by atoms with Crippen LogP contribution in [-0.2, 0) is 0 Å². The lowest BCUT2D eigenvalue weighted by molar-refractivity contribution is 0.0878. The van der Waals surface area contributed by atoms with Crippen LogP contribution < -0.4 is 0 Å². The third-order valence-corrected chi connectivity index (χ3v) is 3.39. The third-order valence-electron chi connectivity index (χ3n) is 3.39. The van der Waals surface area contributed by atoms with E-state index in [2.05, 4.69) is 20.8 Å². The molecule has 1 heterocycles. The first kappa shape index (κ1) is 13.3. The second-order valence-corrected chi connectivity index (χ2v) is 5.70. The van der Waals surface area contributed by atoms with Crippen molar-refractivity contribution >= 4 is 6.09 Å². The Bertz CT molecular complexity index is 247. The fraction of sp³-hybridized carbons (Fsp3) is 0.917. The number of aliphatic hydroxyl groups excluding tert-OH is 1. The van der Waals surface area contributed by atoms with Gasteiger partial charge in [-0.3, -0.25) is 0 Å². The number of likely N-dealkylation sites (tertiary alicyclic amines) is 1. The Hall–Kier alpha value is -0.770.